The summed E-state index contributed by atoms with van der Waals surface area (Å²) in [5.41, 5.74) is 1.70. The molecule has 0 aliphatic carbocycles. The van der Waals surface area contributed by atoms with E-state index in [1.165, 1.54) is 0 Å². The summed E-state index contributed by atoms with van der Waals surface area (Å²) >= 11 is 0. The summed E-state index contributed by atoms with van der Waals surface area (Å²) in [6.07, 6.45) is 5.63. The van der Waals surface area contributed by atoms with Crippen LogP contribution in [0.5, 0.6) is 0 Å². The zero-order chi connectivity index (χ0) is 17.1. The highest BCUT2D eigenvalue weighted by Crippen LogP contribution is 2.24. The minimum atomic E-state index is -0.980. The van der Waals surface area contributed by atoms with E-state index in [1.54, 1.807) is 12.2 Å². The van der Waals surface area contributed by atoms with E-state index in [0.717, 1.165) is 36.8 Å². The van der Waals surface area contributed by atoms with Gasteiger partial charge in [0.2, 0.25) is 0 Å². The highest BCUT2D eigenvalue weighted by Gasteiger charge is 2.14. The van der Waals surface area contributed by atoms with Crippen molar-refractivity contribution in [1.82, 2.24) is 0 Å². The molecule has 4 nitrogen and oxygen atoms in total. The van der Waals surface area contributed by atoms with Crippen LogP contribution in [0.4, 0.5) is 0 Å². The van der Waals surface area contributed by atoms with E-state index >= 15 is 0 Å². The Morgan fingerprint density at radius 2 is 1.74 bits per heavy atom. The number of unbranched alkanes of at least 4 members (excludes halogenated alkanes) is 2. The average molecular weight is 322 g/mol. The molecule has 0 radical (unpaired) electrons. The predicted octanol–water partition coefficient (Wildman–Crippen LogP) is 2.81. The van der Waals surface area contributed by atoms with Crippen molar-refractivity contribution in [2.75, 3.05) is 6.61 Å². The van der Waals surface area contributed by atoms with Gasteiger partial charge in [-0.05, 0) is 30.4 Å². The van der Waals surface area contributed by atoms with E-state index in [-0.39, 0.29) is 6.61 Å². The highest BCUT2D eigenvalue weighted by atomic mass is 16.3. The lowest BCUT2D eigenvalue weighted by Crippen LogP contribution is -2.23. The molecule has 0 aromatic heterocycles. The number of hydrogen-bond acceptors (Lipinski definition) is 4. The van der Waals surface area contributed by atoms with E-state index in [9.17, 15) is 15.3 Å². The van der Waals surface area contributed by atoms with Gasteiger partial charge in [-0.3, -0.25) is 0 Å². The van der Waals surface area contributed by atoms with Gasteiger partial charge in [-0.15, -0.1) is 0 Å². The smallest absolute Gasteiger partial charge is 0.0983 e. The lowest BCUT2D eigenvalue weighted by Gasteiger charge is -2.16. The first-order valence-electron chi connectivity index (χ1n) is 8.52. The first-order valence-corrected chi connectivity index (χ1v) is 8.52. The van der Waals surface area contributed by atoms with Gasteiger partial charge >= 0.3 is 0 Å². The molecule has 1 aromatic rings. The number of benzene rings is 1. The summed E-state index contributed by atoms with van der Waals surface area (Å²) in [6.45, 7) is 2.13. The Labute approximate surface area is 139 Å². The number of rotatable bonds is 11. The molecule has 130 valence electrons. The average Bonchev–Trinajstić information content (AvgIpc) is 2.57. The van der Waals surface area contributed by atoms with Crippen molar-refractivity contribution in [2.24, 2.45) is 0 Å². The van der Waals surface area contributed by atoms with Crippen molar-refractivity contribution in [1.29, 1.82) is 0 Å². The first kappa shape index (κ1) is 19.8. The predicted molar refractivity (Wildman–Crippen MR) is 92.9 cm³/mol. The van der Waals surface area contributed by atoms with E-state index in [1.807, 2.05) is 24.3 Å². The Morgan fingerprint density at radius 3 is 2.43 bits per heavy atom. The fourth-order valence-corrected chi connectivity index (χ4v) is 2.51. The van der Waals surface area contributed by atoms with E-state index in [0.29, 0.717) is 12.8 Å². The Balaban J connectivity index is 2.70. The van der Waals surface area contributed by atoms with Crippen LogP contribution in [0.2, 0.25) is 0 Å². The maximum atomic E-state index is 10.3. The molecule has 4 N–H and O–H groups in total. The zero-order valence-electron chi connectivity index (χ0n) is 13.9. The van der Waals surface area contributed by atoms with Crippen molar-refractivity contribution in [3.05, 3.63) is 41.5 Å². The Morgan fingerprint density at radius 1 is 1.00 bits per heavy atom. The second-order valence-electron chi connectivity index (χ2n) is 5.92. The molecule has 0 heterocycles. The number of aliphatic hydroxyl groups is 4. The van der Waals surface area contributed by atoms with Gasteiger partial charge in [-0.2, -0.15) is 0 Å². The Kier molecular flexibility index (Phi) is 9.80. The summed E-state index contributed by atoms with van der Waals surface area (Å²) in [5.74, 6) is 0. The molecule has 0 fully saturated rings. The normalized spacial score (nSPS) is 15.7. The van der Waals surface area contributed by atoms with Gasteiger partial charge in [0.05, 0.1) is 18.3 Å². The maximum absolute atomic E-state index is 10.3. The van der Waals surface area contributed by atoms with Gasteiger partial charge < -0.3 is 20.4 Å². The molecule has 0 unspecified atom stereocenters. The minimum absolute atomic E-state index is 0.000278. The van der Waals surface area contributed by atoms with Gasteiger partial charge in [0, 0.05) is 6.61 Å². The molecule has 1 rings (SSSR count). The lowest BCUT2D eigenvalue weighted by atomic mass is 9.97. The monoisotopic (exact) mass is 322 g/mol. The van der Waals surface area contributed by atoms with Gasteiger partial charge in [-0.1, -0.05) is 62.6 Å². The maximum Gasteiger partial charge on any atom is 0.0983 e. The Bertz CT molecular complexity index is 458. The second kappa shape index (κ2) is 11.4. The molecule has 0 saturated heterocycles. The quantitative estimate of drug-likeness (QED) is 0.472. The van der Waals surface area contributed by atoms with E-state index < -0.39 is 18.3 Å². The van der Waals surface area contributed by atoms with Gasteiger partial charge in [0.25, 0.3) is 0 Å². The highest BCUT2D eigenvalue weighted by molar-refractivity contribution is 5.55. The standard InChI is InChI=1S/C19H30O4/c1-2-3-4-10-17(21)16-9-6-5-8-15(16)12-13-19(23)18(22)11-7-14-20/h5-6,8-9,12-13,17-23H,2-4,7,10-11,14H2,1H3/b13-12+/t17-,18-,19+/m0/s1. The van der Waals surface area contributed by atoms with Crippen molar-refractivity contribution < 1.29 is 20.4 Å². The third-order valence-corrected chi connectivity index (χ3v) is 3.96. The van der Waals surface area contributed by atoms with Crippen LogP contribution in [0, 0.1) is 0 Å². The molecule has 1 aromatic carbocycles. The van der Waals surface area contributed by atoms with Crippen molar-refractivity contribution in [3.8, 4) is 0 Å². The molecule has 0 amide bonds. The molecule has 0 spiro atoms. The summed E-state index contributed by atoms with van der Waals surface area (Å²) in [4.78, 5) is 0. The molecule has 0 bridgehead atoms. The van der Waals surface area contributed by atoms with Crippen LogP contribution in [0.25, 0.3) is 6.08 Å². The van der Waals surface area contributed by atoms with Gasteiger partial charge in [0.1, 0.15) is 0 Å². The topological polar surface area (TPSA) is 80.9 Å². The third-order valence-electron chi connectivity index (χ3n) is 3.96. The minimum Gasteiger partial charge on any atom is -0.396 e. The number of hydrogen-bond donors (Lipinski definition) is 4. The lowest BCUT2D eigenvalue weighted by molar-refractivity contribution is 0.0391. The molecule has 0 aliphatic heterocycles. The molecule has 4 heteroatoms. The molecule has 0 aliphatic rings. The molecule has 0 saturated carbocycles. The summed E-state index contributed by atoms with van der Waals surface area (Å²) in [5, 5.41) is 38.8. The molecular weight excluding hydrogens is 292 g/mol. The SMILES string of the molecule is CCCCC[C@H](O)c1ccccc1/C=C/[C@@H](O)[C@@H](O)CCCO. The molecular formula is C19H30O4. The van der Waals surface area contributed by atoms with Crippen LogP contribution in [-0.2, 0) is 0 Å². The van der Waals surface area contributed by atoms with Crippen LogP contribution in [-0.4, -0.2) is 39.2 Å². The molecule has 23 heavy (non-hydrogen) atoms. The van der Waals surface area contributed by atoms with E-state index in [4.69, 9.17) is 5.11 Å². The summed E-state index contributed by atoms with van der Waals surface area (Å²) in [7, 11) is 0. The van der Waals surface area contributed by atoms with Crippen LogP contribution in [0.15, 0.2) is 30.3 Å². The largest absolute Gasteiger partial charge is 0.396 e. The van der Waals surface area contributed by atoms with Crippen LogP contribution in [0.3, 0.4) is 0 Å². The Hall–Kier alpha value is -1.20. The van der Waals surface area contributed by atoms with Crippen LogP contribution >= 0.6 is 0 Å². The van der Waals surface area contributed by atoms with Crippen LogP contribution < -0.4 is 0 Å². The summed E-state index contributed by atoms with van der Waals surface area (Å²) in [6, 6.07) is 7.56. The van der Waals surface area contributed by atoms with Gasteiger partial charge in [0.15, 0.2) is 0 Å². The third kappa shape index (κ3) is 7.27. The summed E-state index contributed by atoms with van der Waals surface area (Å²) < 4.78 is 0. The fourth-order valence-electron chi connectivity index (χ4n) is 2.51. The van der Waals surface area contributed by atoms with Crippen LogP contribution in [0.1, 0.15) is 62.7 Å². The van der Waals surface area contributed by atoms with Crippen molar-refractivity contribution in [2.45, 2.75) is 63.8 Å². The van der Waals surface area contributed by atoms with E-state index in [2.05, 4.69) is 6.92 Å². The first-order chi connectivity index (χ1) is 11.1. The van der Waals surface area contributed by atoms with Crippen molar-refractivity contribution >= 4 is 6.08 Å². The van der Waals surface area contributed by atoms with Gasteiger partial charge in [-0.25, -0.2) is 0 Å². The molecule has 3 atom stereocenters. The zero-order valence-corrected chi connectivity index (χ0v) is 13.9. The fraction of sp³-hybridized carbons (Fsp3) is 0.579. The second-order valence-corrected chi connectivity index (χ2v) is 5.92. The van der Waals surface area contributed by atoms with Crippen molar-refractivity contribution in [3.63, 3.8) is 0 Å². The number of aliphatic hydroxyl groups excluding tert-OH is 4.